The van der Waals surface area contributed by atoms with Gasteiger partial charge in [0, 0.05) is 54.6 Å². The maximum Gasteiger partial charge on any atom is 0.313 e. The van der Waals surface area contributed by atoms with E-state index in [-0.39, 0.29) is 53.6 Å². The van der Waals surface area contributed by atoms with Crippen LogP contribution in [0.4, 0.5) is 0 Å². The second kappa shape index (κ2) is 16.8. The van der Waals surface area contributed by atoms with Gasteiger partial charge in [0.15, 0.2) is 17.9 Å². The molecule has 286 valence electrons. The van der Waals surface area contributed by atoms with E-state index in [9.17, 15) is 9.59 Å². The number of nitrogens with one attached hydrogen (secondary N) is 2. The Kier molecular flexibility index (Phi) is 14.1. The van der Waals surface area contributed by atoms with Gasteiger partial charge in [-0.3, -0.25) is 14.8 Å². The number of guanidine groups is 3. The quantitative estimate of drug-likeness (QED) is 0.0391. The molecule has 1 aromatic heterocycles. The van der Waals surface area contributed by atoms with Gasteiger partial charge in [-0.2, -0.15) is 0 Å². The zero-order valence-corrected chi connectivity index (χ0v) is 32.6. The van der Waals surface area contributed by atoms with Gasteiger partial charge in [-0.1, -0.05) is 68.4 Å². The van der Waals surface area contributed by atoms with E-state index in [1.807, 2.05) is 0 Å². The number of nitrogens with zero attached hydrogens (tertiary/aromatic N) is 3. The van der Waals surface area contributed by atoms with Crippen LogP contribution in [0.15, 0.2) is 27.1 Å². The summed E-state index contributed by atoms with van der Waals surface area (Å²) < 4.78 is 5.32. The van der Waals surface area contributed by atoms with Crippen molar-refractivity contribution in [2.24, 2.45) is 54.8 Å². The molecule has 2 rings (SSSR count). The molecule has 0 aliphatic carbocycles. The number of benzene rings is 1. The first-order chi connectivity index (χ1) is 23.4. The highest BCUT2D eigenvalue weighted by Gasteiger charge is 2.41. The second-order valence-electron chi connectivity index (χ2n) is 16.8. The van der Waals surface area contributed by atoms with Gasteiger partial charge in [-0.15, -0.1) is 0 Å². The molecule has 0 bridgehead atoms. The summed E-state index contributed by atoms with van der Waals surface area (Å²) >= 11 is 0. The predicted octanol–water partition coefficient (Wildman–Crippen LogP) is 2.67. The first kappa shape index (κ1) is 42.8. The maximum absolute atomic E-state index is 13.5. The van der Waals surface area contributed by atoms with Crippen molar-refractivity contribution < 1.29 is 14.3 Å². The Balaban J connectivity index is 2.72. The SMILES string of the molecule is COC(=O)C(CCCN=C(N)N)(CCCN=C(N)N)CNCC(C=O)(Cc1c(C(C)(C)C)[nH]c2cc(C(C)(C)C)cc(C(C)(C)C)c12)N=C(N)N. The molecule has 14 nitrogen and oxygen atoms in total. The Morgan fingerprint density at radius 1 is 0.804 bits per heavy atom. The molecular formula is C37H65N11O3. The van der Waals surface area contributed by atoms with Crippen molar-refractivity contribution in [1.82, 2.24) is 10.3 Å². The van der Waals surface area contributed by atoms with Crippen LogP contribution < -0.4 is 39.7 Å². The number of H-pyrrole nitrogens is 1. The van der Waals surface area contributed by atoms with Crippen molar-refractivity contribution in [3.05, 3.63) is 34.5 Å². The van der Waals surface area contributed by atoms with Crippen LogP contribution in [0.1, 0.15) is 110 Å². The highest BCUT2D eigenvalue weighted by molar-refractivity contribution is 5.91. The number of aromatic amines is 1. The van der Waals surface area contributed by atoms with Crippen molar-refractivity contribution in [1.29, 1.82) is 0 Å². The van der Waals surface area contributed by atoms with E-state index in [0.29, 0.717) is 38.8 Å². The van der Waals surface area contributed by atoms with Gasteiger partial charge in [0.2, 0.25) is 0 Å². The molecule has 1 heterocycles. The molecule has 14 heteroatoms. The molecule has 0 spiro atoms. The van der Waals surface area contributed by atoms with Crippen LogP contribution in [-0.4, -0.2) is 73.9 Å². The lowest BCUT2D eigenvalue weighted by molar-refractivity contribution is -0.153. The van der Waals surface area contributed by atoms with Crippen molar-refractivity contribution in [2.45, 2.75) is 116 Å². The van der Waals surface area contributed by atoms with Crippen LogP contribution in [0.2, 0.25) is 0 Å². The molecule has 0 radical (unpaired) electrons. The molecular weight excluding hydrogens is 646 g/mol. The minimum atomic E-state index is -1.41. The number of aromatic nitrogens is 1. The topological polar surface area (TPSA) is 264 Å². The Bertz CT molecular complexity index is 1570. The Morgan fingerprint density at radius 3 is 1.76 bits per heavy atom. The first-order valence-electron chi connectivity index (χ1n) is 17.6. The Hall–Kier alpha value is -4.33. The van der Waals surface area contributed by atoms with E-state index in [1.54, 1.807) is 0 Å². The monoisotopic (exact) mass is 712 g/mol. The van der Waals surface area contributed by atoms with Crippen molar-refractivity contribution >= 4 is 41.0 Å². The average molecular weight is 712 g/mol. The summed E-state index contributed by atoms with van der Waals surface area (Å²) in [7, 11) is 1.35. The fourth-order valence-electron chi connectivity index (χ4n) is 6.62. The van der Waals surface area contributed by atoms with Crippen LogP contribution in [0, 0.1) is 5.41 Å². The molecule has 1 atom stereocenters. The van der Waals surface area contributed by atoms with Gasteiger partial charge in [-0.25, -0.2) is 4.99 Å². The number of fused-ring (bicyclic) bond motifs is 1. The van der Waals surface area contributed by atoms with Crippen LogP contribution in [0.5, 0.6) is 0 Å². The lowest BCUT2D eigenvalue weighted by atomic mass is 9.76. The highest BCUT2D eigenvalue weighted by Crippen LogP contribution is 2.42. The van der Waals surface area contributed by atoms with Crippen molar-refractivity contribution in [3.63, 3.8) is 0 Å². The number of rotatable bonds is 17. The number of aliphatic imine (C=N–C) groups is 3. The number of hydrogen-bond donors (Lipinski definition) is 8. The fraction of sp³-hybridized carbons (Fsp3) is 0.649. The smallest absolute Gasteiger partial charge is 0.313 e. The fourth-order valence-corrected chi connectivity index (χ4v) is 6.62. The molecule has 1 aromatic carbocycles. The number of hydrogen-bond acceptors (Lipinski definition) is 7. The number of ether oxygens (including phenoxy) is 1. The Labute approximate surface area is 304 Å². The standard InChI is InChI=1S/C37H65N11O3/c1-33(2,3)23-17-25(34(4,5)6)27-24(28(35(7,8)9)47-26(27)18-23)19-37(22-49,48-32(42)43)21-44-20-36(29(50)51-10,13-11-15-45-30(38)39)14-12-16-46-31(40)41/h17-18,22,44,47H,11-16,19-21H2,1-10H3,(H4,38,39,45)(H4,40,41,46)(H4,42,43,48). The third-order valence-corrected chi connectivity index (χ3v) is 9.21. The zero-order valence-electron chi connectivity index (χ0n) is 32.6. The largest absolute Gasteiger partial charge is 0.469 e. The van der Waals surface area contributed by atoms with Gasteiger partial charge in [0.1, 0.15) is 11.8 Å². The molecule has 1 unspecified atom stereocenters. The van der Waals surface area contributed by atoms with Gasteiger partial charge in [0.05, 0.1) is 12.5 Å². The normalized spacial score (nSPS) is 13.7. The molecule has 14 N–H and O–H groups in total. The minimum Gasteiger partial charge on any atom is -0.469 e. The number of carbonyl (C=O) groups excluding carboxylic acids is 2. The third kappa shape index (κ3) is 11.6. The average Bonchev–Trinajstić information content (AvgIpc) is 3.37. The first-order valence-corrected chi connectivity index (χ1v) is 17.6. The van der Waals surface area contributed by atoms with Crippen molar-refractivity contribution in [2.75, 3.05) is 33.3 Å². The van der Waals surface area contributed by atoms with Gasteiger partial charge in [-0.05, 0) is 59.3 Å². The van der Waals surface area contributed by atoms with Crippen molar-refractivity contribution in [3.8, 4) is 0 Å². The van der Waals surface area contributed by atoms with E-state index in [2.05, 4.69) is 99.7 Å². The highest BCUT2D eigenvalue weighted by atomic mass is 16.5. The van der Waals surface area contributed by atoms with E-state index in [1.165, 1.54) is 12.7 Å². The minimum absolute atomic E-state index is 0.0336. The van der Waals surface area contributed by atoms with Crippen LogP contribution in [0.25, 0.3) is 10.9 Å². The van der Waals surface area contributed by atoms with Gasteiger partial charge < -0.3 is 54.2 Å². The third-order valence-electron chi connectivity index (χ3n) is 9.21. The number of aldehydes is 1. The molecule has 0 aliphatic heterocycles. The van der Waals surface area contributed by atoms with Crippen LogP contribution in [0.3, 0.4) is 0 Å². The second-order valence-corrected chi connectivity index (χ2v) is 16.8. The summed E-state index contributed by atoms with van der Waals surface area (Å²) in [4.78, 5) is 43.3. The maximum atomic E-state index is 13.5. The lowest BCUT2D eigenvalue weighted by Gasteiger charge is -2.34. The van der Waals surface area contributed by atoms with Gasteiger partial charge in [0.25, 0.3) is 0 Å². The van der Waals surface area contributed by atoms with Crippen LogP contribution >= 0.6 is 0 Å². The summed E-state index contributed by atoms with van der Waals surface area (Å²) in [6.07, 6.45) is 2.78. The van der Waals surface area contributed by atoms with Crippen LogP contribution in [-0.2, 0) is 37.0 Å². The van der Waals surface area contributed by atoms with E-state index in [0.717, 1.165) is 34.0 Å². The molecule has 51 heavy (non-hydrogen) atoms. The predicted molar refractivity (Wildman–Crippen MR) is 210 cm³/mol. The molecule has 0 aliphatic rings. The number of carbonyl (C=O) groups is 2. The molecule has 0 saturated heterocycles. The summed E-state index contributed by atoms with van der Waals surface area (Å²) in [5.74, 6) is -0.706. The molecule has 0 fully saturated rings. The number of esters is 1. The molecule has 0 amide bonds. The zero-order chi connectivity index (χ0) is 39.0. The van der Waals surface area contributed by atoms with Gasteiger partial charge >= 0.3 is 5.97 Å². The molecule has 2 aromatic rings. The summed E-state index contributed by atoms with van der Waals surface area (Å²) in [5.41, 5.74) is 36.5. The van der Waals surface area contributed by atoms with E-state index in [4.69, 9.17) is 39.1 Å². The summed E-state index contributed by atoms with van der Waals surface area (Å²) in [6, 6.07) is 4.49. The lowest BCUT2D eigenvalue weighted by Crippen LogP contribution is -2.50. The number of nitrogens with two attached hydrogens (primary N) is 6. The summed E-state index contributed by atoms with van der Waals surface area (Å²) in [5, 5.41) is 4.46. The molecule has 0 saturated carbocycles. The van der Waals surface area contributed by atoms with E-state index >= 15 is 0 Å². The van der Waals surface area contributed by atoms with E-state index < -0.39 is 16.9 Å². The summed E-state index contributed by atoms with van der Waals surface area (Å²) in [6.45, 7) is 20.4. The number of methoxy groups -OCH3 is 1. The Morgan fingerprint density at radius 2 is 1.35 bits per heavy atom.